The summed E-state index contributed by atoms with van der Waals surface area (Å²) in [5.41, 5.74) is 1.55. The highest BCUT2D eigenvalue weighted by Crippen LogP contribution is 2.41. The van der Waals surface area contributed by atoms with Crippen LogP contribution in [0.4, 0.5) is 0 Å². The molecule has 0 spiro atoms. The number of hydrogen-bond acceptors (Lipinski definition) is 7. The molecule has 26 heavy (non-hydrogen) atoms. The Morgan fingerprint density at radius 3 is 1.46 bits per heavy atom. The molecule has 0 radical (unpaired) electrons. The Kier molecular flexibility index (Phi) is 6.41. The SMILES string of the molecule is COc1cc(C[C@H](CO)c2cc(OC)c(O)c(OC)c2)cc(OC)c1O. The van der Waals surface area contributed by atoms with Crippen molar-refractivity contribution in [2.24, 2.45) is 0 Å². The van der Waals surface area contributed by atoms with Crippen molar-refractivity contribution in [2.75, 3.05) is 35.0 Å². The molecule has 0 saturated heterocycles. The van der Waals surface area contributed by atoms with Gasteiger partial charge in [0.25, 0.3) is 0 Å². The molecular formula is C19H24O7. The first-order chi connectivity index (χ1) is 12.5. The summed E-state index contributed by atoms with van der Waals surface area (Å²) in [7, 11) is 5.80. The molecule has 2 aromatic carbocycles. The quantitative estimate of drug-likeness (QED) is 0.662. The molecule has 0 aliphatic carbocycles. The summed E-state index contributed by atoms with van der Waals surface area (Å²) < 4.78 is 20.7. The van der Waals surface area contributed by atoms with Crippen LogP contribution in [-0.4, -0.2) is 50.4 Å². The maximum Gasteiger partial charge on any atom is 0.200 e. The zero-order valence-corrected chi connectivity index (χ0v) is 15.3. The standard InChI is InChI=1S/C19H24O7/c1-23-14-6-11(7-15(24-2)18(14)21)5-13(10-20)12-8-16(25-3)19(22)17(9-12)26-4/h6-9,13,20-22H,5,10H2,1-4H3/t13-/m1/s1. The first kappa shape index (κ1) is 19.5. The maximum atomic E-state index is 10.1. The minimum absolute atomic E-state index is 0.0766. The van der Waals surface area contributed by atoms with Crippen LogP contribution in [0.25, 0.3) is 0 Å². The van der Waals surface area contributed by atoms with Gasteiger partial charge < -0.3 is 34.3 Å². The maximum absolute atomic E-state index is 10.1. The van der Waals surface area contributed by atoms with Gasteiger partial charge >= 0.3 is 0 Å². The fourth-order valence-corrected chi connectivity index (χ4v) is 2.79. The number of ether oxygens (including phenoxy) is 4. The molecule has 0 aliphatic heterocycles. The van der Waals surface area contributed by atoms with Crippen LogP contribution in [0.2, 0.25) is 0 Å². The number of phenols is 2. The van der Waals surface area contributed by atoms with Gasteiger partial charge in [-0.15, -0.1) is 0 Å². The highest BCUT2D eigenvalue weighted by molar-refractivity contribution is 5.55. The van der Waals surface area contributed by atoms with Crippen molar-refractivity contribution in [3.05, 3.63) is 35.4 Å². The third kappa shape index (κ3) is 3.88. The molecular weight excluding hydrogens is 340 g/mol. The predicted molar refractivity (Wildman–Crippen MR) is 96.0 cm³/mol. The molecule has 0 fully saturated rings. The van der Waals surface area contributed by atoms with E-state index in [-0.39, 0.29) is 47.0 Å². The smallest absolute Gasteiger partial charge is 0.200 e. The van der Waals surface area contributed by atoms with Crippen LogP contribution >= 0.6 is 0 Å². The lowest BCUT2D eigenvalue weighted by atomic mass is 9.91. The van der Waals surface area contributed by atoms with E-state index in [9.17, 15) is 15.3 Å². The summed E-state index contributed by atoms with van der Waals surface area (Å²) in [5.74, 6) is 0.638. The molecule has 7 nitrogen and oxygen atoms in total. The normalized spacial score (nSPS) is 11.7. The molecule has 0 unspecified atom stereocenters. The zero-order valence-electron chi connectivity index (χ0n) is 15.3. The molecule has 0 amide bonds. The number of rotatable bonds is 8. The summed E-state index contributed by atoms with van der Waals surface area (Å²) in [6.45, 7) is -0.136. The Bertz CT molecular complexity index is 708. The van der Waals surface area contributed by atoms with E-state index in [1.807, 2.05) is 0 Å². The number of aromatic hydroxyl groups is 2. The van der Waals surface area contributed by atoms with Crippen LogP contribution < -0.4 is 18.9 Å². The van der Waals surface area contributed by atoms with Crippen molar-refractivity contribution in [1.29, 1.82) is 0 Å². The lowest BCUT2D eigenvalue weighted by Gasteiger charge is -2.19. The molecule has 7 heteroatoms. The van der Waals surface area contributed by atoms with E-state index in [2.05, 4.69) is 0 Å². The van der Waals surface area contributed by atoms with Crippen molar-refractivity contribution < 1.29 is 34.3 Å². The second-order valence-corrected chi connectivity index (χ2v) is 5.71. The molecule has 0 aliphatic rings. The summed E-state index contributed by atoms with van der Waals surface area (Å²) in [6, 6.07) is 6.70. The van der Waals surface area contributed by atoms with Crippen LogP contribution in [0.5, 0.6) is 34.5 Å². The topological polar surface area (TPSA) is 97.6 Å². The Morgan fingerprint density at radius 1 is 0.731 bits per heavy atom. The van der Waals surface area contributed by atoms with Crippen molar-refractivity contribution in [3.63, 3.8) is 0 Å². The monoisotopic (exact) mass is 364 g/mol. The fraction of sp³-hybridized carbons (Fsp3) is 0.368. The van der Waals surface area contributed by atoms with E-state index < -0.39 is 0 Å². The zero-order chi connectivity index (χ0) is 19.3. The minimum atomic E-state index is -0.294. The molecule has 0 heterocycles. The van der Waals surface area contributed by atoms with Crippen LogP contribution in [0.1, 0.15) is 17.0 Å². The second-order valence-electron chi connectivity index (χ2n) is 5.71. The van der Waals surface area contributed by atoms with Gasteiger partial charge in [-0.1, -0.05) is 0 Å². The lowest BCUT2D eigenvalue weighted by molar-refractivity contribution is 0.263. The highest BCUT2D eigenvalue weighted by Gasteiger charge is 2.20. The van der Waals surface area contributed by atoms with E-state index >= 15 is 0 Å². The van der Waals surface area contributed by atoms with Gasteiger partial charge in [0.15, 0.2) is 23.0 Å². The molecule has 0 bridgehead atoms. The van der Waals surface area contributed by atoms with Crippen LogP contribution in [-0.2, 0) is 6.42 Å². The molecule has 2 aromatic rings. The minimum Gasteiger partial charge on any atom is -0.502 e. The summed E-state index contributed by atoms with van der Waals surface area (Å²) in [6.07, 6.45) is 0.445. The van der Waals surface area contributed by atoms with Crippen molar-refractivity contribution in [2.45, 2.75) is 12.3 Å². The van der Waals surface area contributed by atoms with E-state index in [4.69, 9.17) is 18.9 Å². The molecule has 0 saturated carbocycles. The number of hydrogen-bond donors (Lipinski definition) is 3. The molecule has 3 N–H and O–H groups in total. The molecule has 0 aromatic heterocycles. The number of phenolic OH excluding ortho intramolecular Hbond substituents is 2. The number of methoxy groups -OCH3 is 4. The number of aliphatic hydroxyl groups excluding tert-OH is 1. The van der Waals surface area contributed by atoms with Crippen molar-refractivity contribution >= 4 is 0 Å². The number of benzene rings is 2. The van der Waals surface area contributed by atoms with Crippen LogP contribution in [0, 0.1) is 0 Å². The van der Waals surface area contributed by atoms with Gasteiger partial charge in [0.05, 0.1) is 35.0 Å². The first-order valence-electron chi connectivity index (χ1n) is 7.98. The fourth-order valence-electron chi connectivity index (χ4n) is 2.79. The third-order valence-corrected chi connectivity index (χ3v) is 4.22. The lowest BCUT2D eigenvalue weighted by Crippen LogP contribution is -2.09. The van der Waals surface area contributed by atoms with E-state index in [1.165, 1.54) is 28.4 Å². The van der Waals surface area contributed by atoms with E-state index in [0.717, 1.165) is 11.1 Å². The Balaban J connectivity index is 2.41. The second kappa shape index (κ2) is 8.53. The Labute approximate surface area is 152 Å². The van der Waals surface area contributed by atoms with Gasteiger partial charge in [0.2, 0.25) is 11.5 Å². The van der Waals surface area contributed by atoms with Gasteiger partial charge in [0.1, 0.15) is 0 Å². The van der Waals surface area contributed by atoms with Gasteiger partial charge in [-0.25, -0.2) is 0 Å². The van der Waals surface area contributed by atoms with Crippen molar-refractivity contribution in [1.82, 2.24) is 0 Å². The molecule has 1 atom stereocenters. The van der Waals surface area contributed by atoms with Crippen molar-refractivity contribution in [3.8, 4) is 34.5 Å². The Hall–Kier alpha value is -2.80. The van der Waals surface area contributed by atoms with Gasteiger partial charge in [0, 0.05) is 5.92 Å². The largest absolute Gasteiger partial charge is 0.502 e. The first-order valence-corrected chi connectivity index (χ1v) is 7.98. The third-order valence-electron chi connectivity index (χ3n) is 4.22. The summed E-state index contributed by atoms with van der Waals surface area (Å²) in [5, 5.41) is 30.0. The van der Waals surface area contributed by atoms with Crippen LogP contribution in [0.15, 0.2) is 24.3 Å². The summed E-state index contributed by atoms with van der Waals surface area (Å²) >= 11 is 0. The molecule has 2 rings (SSSR count). The van der Waals surface area contributed by atoms with E-state index in [1.54, 1.807) is 24.3 Å². The summed E-state index contributed by atoms with van der Waals surface area (Å²) in [4.78, 5) is 0. The van der Waals surface area contributed by atoms with E-state index in [0.29, 0.717) is 6.42 Å². The average Bonchev–Trinajstić information content (AvgIpc) is 2.67. The van der Waals surface area contributed by atoms with Gasteiger partial charge in [-0.2, -0.15) is 0 Å². The highest BCUT2D eigenvalue weighted by atomic mass is 16.5. The average molecular weight is 364 g/mol. The van der Waals surface area contributed by atoms with Gasteiger partial charge in [-0.05, 0) is 41.8 Å². The van der Waals surface area contributed by atoms with Gasteiger partial charge in [-0.3, -0.25) is 0 Å². The Morgan fingerprint density at radius 2 is 1.12 bits per heavy atom. The molecule has 142 valence electrons. The predicted octanol–water partition coefficient (Wildman–Crippen LogP) is 2.45. The van der Waals surface area contributed by atoms with Crippen LogP contribution in [0.3, 0.4) is 0 Å². The number of aliphatic hydroxyl groups is 1.